The summed E-state index contributed by atoms with van der Waals surface area (Å²) in [4.78, 5) is 12.2. The molecule has 27 heavy (non-hydrogen) atoms. The van der Waals surface area contributed by atoms with Gasteiger partial charge < -0.3 is 9.47 Å². The molecule has 3 rings (SSSR count). The van der Waals surface area contributed by atoms with Crippen molar-refractivity contribution in [3.05, 3.63) is 53.9 Å². The van der Waals surface area contributed by atoms with Crippen molar-refractivity contribution in [2.45, 2.75) is 4.90 Å². The smallest absolute Gasteiger partial charge is 0.316 e. The van der Waals surface area contributed by atoms with E-state index in [4.69, 9.17) is 21.1 Å². The number of pyridine rings is 1. The average molecular weight is 407 g/mol. The molecule has 8 nitrogen and oxygen atoms in total. The second kappa shape index (κ2) is 7.77. The van der Waals surface area contributed by atoms with E-state index in [-0.39, 0.29) is 27.4 Å². The van der Waals surface area contributed by atoms with Gasteiger partial charge in [-0.15, -0.1) is 0 Å². The molecule has 2 aromatic heterocycles. The van der Waals surface area contributed by atoms with Crippen LogP contribution in [0.25, 0.3) is 11.3 Å². The first-order valence-corrected chi connectivity index (χ1v) is 9.48. The van der Waals surface area contributed by atoms with Gasteiger partial charge in [-0.3, -0.25) is 9.71 Å². The number of methoxy groups -OCH3 is 2. The Labute approximate surface area is 161 Å². The highest BCUT2D eigenvalue weighted by molar-refractivity contribution is 7.92. The second-order valence-electron chi connectivity index (χ2n) is 5.29. The Bertz CT molecular complexity index is 1040. The van der Waals surface area contributed by atoms with E-state index in [0.29, 0.717) is 11.3 Å². The lowest BCUT2D eigenvalue weighted by Crippen LogP contribution is -2.14. The quantitative estimate of drug-likeness (QED) is 0.671. The number of sulfonamides is 1. The van der Waals surface area contributed by atoms with Gasteiger partial charge in [-0.05, 0) is 30.3 Å². The Morgan fingerprint density at radius 2 is 1.70 bits per heavy atom. The third-order valence-corrected chi connectivity index (χ3v) is 5.17. The molecule has 1 aromatic carbocycles. The lowest BCUT2D eigenvalue weighted by atomic mass is 10.2. The Morgan fingerprint density at radius 1 is 0.963 bits per heavy atom. The molecule has 0 spiro atoms. The molecule has 0 atom stereocenters. The Kier molecular flexibility index (Phi) is 5.43. The molecule has 0 aliphatic carbocycles. The number of halogens is 1. The summed E-state index contributed by atoms with van der Waals surface area (Å²) in [6.45, 7) is 0. The molecule has 0 fully saturated rings. The molecule has 1 N–H and O–H groups in total. The highest BCUT2D eigenvalue weighted by atomic mass is 35.5. The highest BCUT2D eigenvalue weighted by Gasteiger charge is 2.20. The van der Waals surface area contributed by atoms with Crippen molar-refractivity contribution in [2.24, 2.45) is 0 Å². The third-order valence-electron chi connectivity index (χ3n) is 3.54. The zero-order valence-corrected chi connectivity index (χ0v) is 16.0. The molecule has 0 aliphatic rings. The van der Waals surface area contributed by atoms with Crippen molar-refractivity contribution < 1.29 is 17.9 Å². The fourth-order valence-corrected chi connectivity index (χ4v) is 3.73. The monoisotopic (exact) mass is 406 g/mol. The third kappa shape index (κ3) is 4.26. The number of aromatic nitrogens is 3. The van der Waals surface area contributed by atoms with Crippen molar-refractivity contribution in [1.82, 2.24) is 15.0 Å². The fraction of sp³-hybridized carbons (Fsp3) is 0.118. The van der Waals surface area contributed by atoms with Gasteiger partial charge in [0.1, 0.15) is 10.6 Å². The van der Waals surface area contributed by atoms with Crippen LogP contribution >= 0.6 is 11.6 Å². The molecule has 0 unspecified atom stereocenters. The Morgan fingerprint density at radius 3 is 2.30 bits per heavy atom. The van der Waals surface area contributed by atoms with Crippen molar-refractivity contribution in [3.63, 3.8) is 0 Å². The van der Waals surface area contributed by atoms with Gasteiger partial charge in [0.05, 0.1) is 31.8 Å². The molecular formula is C17H15ClN4O4S. The fourth-order valence-electron chi connectivity index (χ4n) is 2.25. The Hall–Kier alpha value is -2.91. The molecule has 0 radical (unpaired) electrons. The molecule has 3 aromatic rings. The molecular weight excluding hydrogens is 392 g/mol. The number of rotatable bonds is 6. The van der Waals surface area contributed by atoms with Crippen LogP contribution in [0.2, 0.25) is 5.02 Å². The molecule has 10 heteroatoms. The van der Waals surface area contributed by atoms with Gasteiger partial charge in [0.25, 0.3) is 10.0 Å². The SMILES string of the molecule is COc1ncc(-c2ccc(NS(=O)(=O)c3cc(Cl)ccc3OC)cn2)cn1. The van der Waals surface area contributed by atoms with Gasteiger partial charge in [0.2, 0.25) is 0 Å². The van der Waals surface area contributed by atoms with E-state index in [1.807, 2.05) is 0 Å². The molecule has 0 saturated heterocycles. The summed E-state index contributed by atoms with van der Waals surface area (Å²) in [6.07, 6.45) is 4.53. The van der Waals surface area contributed by atoms with Crippen molar-refractivity contribution in [3.8, 4) is 23.0 Å². The van der Waals surface area contributed by atoms with Crippen LogP contribution in [0.15, 0.2) is 53.8 Å². The van der Waals surface area contributed by atoms with E-state index in [9.17, 15) is 8.42 Å². The predicted octanol–water partition coefficient (Wildman–Crippen LogP) is 3.01. The summed E-state index contributed by atoms with van der Waals surface area (Å²) in [6, 6.07) is 7.84. The maximum absolute atomic E-state index is 12.6. The zero-order chi connectivity index (χ0) is 19.4. The first kappa shape index (κ1) is 18.9. The molecule has 0 saturated carbocycles. The number of benzene rings is 1. The Balaban J connectivity index is 1.84. The van der Waals surface area contributed by atoms with Gasteiger partial charge in [-0.25, -0.2) is 18.4 Å². The van der Waals surface area contributed by atoms with Crippen molar-refractivity contribution >= 4 is 27.3 Å². The first-order chi connectivity index (χ1) is 12.9. The van der Waals surface area contributed by atoms with E-state index in [2.05, 4.69) is 19.7 Å². The van der Waals surface area contributed by atoms with Crippen LogP contribution in [0, 0.1) is 0 Å². The van der Waals surface area contributed by atoms with Crippen molar-refractivity contribution in [1.29, 1.82) is 0 Å². The van der Waals surface area contributed by atoms with Crippen LogP contribution in [0.5, 0.6) is 11.8 Å². The number of nitrogens with one attached hydrogen (secondary N) is 1. The number of nitrogens with zero attached hydrogens (tertiary/aromatic N) is 3. The van der Waals surface area contributed by atoms with Gasteiger partial charge in [-0.2, -0.15) is 0 Å². The number of hydrogen-bond donors (Lipinski definition) is 1. The van der Waals surface area contributed by atoms with E-state index in [1.54, 1.807) is 30.6 Å². The van der Waals surface area contributed by atoms with Crippen molar-refractivity contribution in [2.75, 3.05) is 18.9 Å². The highest BCUT2D eigenvalue weighted by Crippen LogP contribution is 2.29. The summed E-state index contributed by atoms with van der Waals surface area (Å²) >= 11 is 5.91. The first-order valence-electron chi connectivity index (χ1n) is 7.62. The standard InChI is InChI=1S/C17H15ClN4O4S/c1-25-15-6-3-12(18)7-16(15)27(23,24)22-13-4-5-14(19-10-13)11-8-20-17(26-2)21-9-11/h3-10,22H,1-2H3. The molecule has 0 amide bonds. The number of ether oxygens (including phenoxy) is 2. The van der Waals surface area contributed by atoms with E-state index in [1.165, 1.54) is 32.5 Å². The summed E-state index contributed by atoms with van der Waals surface area (Å²) in [5, 5.41) is 0.282. The number of anilines is 1. The van der Waals surface area contributed by atoms with Crippen LogP contribution < -0.4 is 14.2 Å². The van der Waals surface area contributed by atoms with Crippen LogP contribution in [-0.4, -0.2) is 37.6 Å². The predicted molar refractivity (Wildman–Crippen MR) is 101 cm³/mol. The summed E-state index contributed by atoms with van der Waals surface area (Å²) in [7, 11) is -1.05. The minimum absolute atomic E-state index is 0.0647. The van der Waals surface area contributed by atoms with Crippen LogP contribution in [0.1, 0.15) is 0 Å². The summed E-state index contributed by atoms with van der Waals surface area (Å²) in [5.41, 5.74) is 1.54. The van der Waals surface area contributed by atoms with Crippen LogP contribution in [-0.2, 0) is 10.0 Å². The maximum atomic E-state index is 12.6. The molecule has 140 valence electrons. The summed E-state index contributed by atoms with van der Waals surface area (Å²) in [5.74, 6) is 0.187. The van der Waals surface area contributed by atoms with Crippen LogP contribution in [0.4, 0.5) is 5.69 Å². The van der Waals surface area contributed by atoms with Gasteiger partial charge in [0.15, 0.2) is 0 Å². The largest absolute Gasteiger partial charge is 0.495 e. The minimum atomic E-state index is -3.91. The van der Waals surface area contributed by atoms with Gasteiger partial charge in [0, 0.05) is 23.0 Å². The molecule has 0 aliphatic heterocycles. The second-order valence-corrected chi connectivity index (χ2v) is 7.38. The molecule has 0 bridgehead atoms. The topological polar surface area (TPSA) is 103 Å². The van der Waals surface area contributed by atoms with E-state index < -0.39 is 10.0 Å². The summed E-state index contributed by atoms with van der Waals surface area (Å²) < 4.78 is 37.8. The zero-order valence-electron chi connectivity index (χ0n) is 14.4. The number of hydrogen-bond acceptors (Lipinski definition) is 7. The van der Waals surface area contributed by atoms with E-state index in [0.717, 1.165) is 0 Å². The lowest BCUT2D eigenvalue weighted by Gasteiger charge is -2.12. The molecule has 2 heterocycles. The van der Waals surface area contributed by atoms with Gasteiger partial charge in [-0.1, -0.05) is 11.6 Å². The maximum Gasteiger partial charge on any atom is 0.316 e. The van der Waals surface area contributed by atoms with E-state index >= 15 is 0 Å². The minimum Gasteiger partial charge on any atom is -0.495 e. The van der Waals surface area contributed by atoms with Crippen LogP contribution in [0.3, 0.4) is 0 Å². The lowest BCUT2D eigenvalue weighted by molar-refractivity contribution is 0.380. The average Bonchev–Trinajstić information content (AvgIpc) is 2.68. The normalized spacial score (nSPS) is 11.1. The van der Waals surface area contributed by atoms with Gasteiger partial charge >= 0.3 is 6.01 Å².